The van der Waals surface area contributed by atoms with E-state index in [0.717, 1.165) is 38.4 Å². The molecule has 1 aromatic rings. The van der Waals surface area contributed by atoms with E-state index >= 15 is 0 Å². The molecule has 2 atom stereocenters. The number of nitrogens with one attached hydrogen (secondary N) is 1. The maximum atomic E-state index is 5.48. The van der Waals surface area contributed by atoms with Gasteiger partial charge in [-0.3, -0.25) is 0 Å². The van der Waals surface area contributed by atoms with E-state index in [1.54, 1.807) is 20.5 Å². The highest BCUT2D eigenvalue weighted by Crippen LogP contribution is 2.27. The third-order valence-electron chi connectivity index (χ3n) is 3.97. The number of rotatable bonds is 3. The van der Waals surface area contributed by atoms with Crippen LogP contribution in [0.5, 0.6) is 0 Å². The van der Waals surface area contributed by atoms with Crippen LogP contribution in [-0.2, 0) is 22.4 Å². The minimum absolute atomic E-state index is 0.104. The molecule has 1 aromatic heterocycles. The topological polar surface area (TPSA) is 59.5 Å². The van der Waals surface area contributed by atoms with Gasteiger partial charge in [-0.2, -0.15) is 0 Å². The fourth-order valence-electron chi connectivity index (χ4n) is 2.90. The van der Waals surface area contributed by atoms with Crippen molar-refractivity contribution in [1.29, 1.82) is 0 Å². The van der Waals surface area contributed by atoms with E-state index in [1.807, 2.05) is 0 Å². The highest BCUT2D eigenvalue weighted by Gasteiger charge is 2.35. The van der Waals surface area contributed by atoms with Gasteiger partial charge in [-0.1, -0.05) is 0 Å². The third kappa shape index (κ3) is 2.31. The summed E-state index contributed by atoms with van der Waals surface area (Å²) >= 11 is 0. The molecule has 0 aliphatic carbocycles. The lowest BCUT2D eigenvalue weighted by molar-refractivity contribution is -0.00461. The average molecular weight is 264 g/mol. The molecule has 0 saturated carbocycles. The van der Waals surface area contributed by atoms with Crippen molar-refractivity contribution in [2.75, 3.05) is 38.8 Å². The van der Waals surface area contributed by atoms with Crippen LogP contribution in [0, 0.1) is 0 Å². The second-order valence-corrected chi connectivity index (χ2v) is 5.00. The van der Waals surface area contributed by atoms with Crippen LogP contribution in [0.2, 0.25) is 0 Å². The molecule has 1 fully saturated rings. The number of ether oxygens (including phenoxy) is 2. The van der Waals surface area contributed by atoms with Crippen molar-refractivity contribution in [2.24, 2.45) is 0 Å². The third-order valence-corrected chi connectivity index (χ3v) is 3.97. The number of nitrogens with zero attached hydrogens (tertiary/aromatic N) is 3. The smallest absolute Gasteiger partial charge is 0.136 e. The van der Waals surface area contributed by atoms with Crippen LogP contribution in [0.15, 0.2) is 6.33 Å². The zero-order valence-electron chi connectivity index (χ0n) is 11.4. The zero-order chi connectivity index (χ0) is 13.2. The highest BCUT2D eigenvalue weighted by atomic mass is 16.5. The van der Waals surface area contributed by atoms with Gasteiger partial charge in [0.1, 0.15) is 24.4 Å². The number of hydrogen-bond donors (Lipinski definition) is 1. The first-order chi connectivity index (χ1) is 9.33. The van der Waals surface area contributed by atoms with Gasteiger partial charge >= 0.3 is 0 Å². The summed E-state index contributed by atoms with van der Waals surface area (Å²) in [5.74, 6) is 1.03. The van der Waals surface area contributed by atoms with Gasteiger partial charge in [0.15, 0.2) is 0 Å². The predicted molar refractivity (Wildman–Crippen MR) is 71.2 cm³/mol. The molecule has 6 nitrogen and oxygen atoms in total. The normalized spacial score (nSPS) is 26.5. The van der Waals surface area contributed by atoms with Gasteiger partial charge in [0.2, 0.25) is 0 Å². The van der Waals surface area contributed by atoms with Crippen molar-refractivity contribution in [2.45, 2.75) is 25.2 Å². The van der Waals surface area contributed by atoms with E-state index in [1.165, 1.54) is 11.3 Å². The summed E-state index contributed by atoms with van der Waals surface area (Å²) in [5, 5.41) is 3.39. The Morgan fingerprint density at radius 1 is 1.21 bits per heavy atom. The molecule has 0 spiro atoms. The van der Waals surface area contributed by atoms with Crippen LogP contribution in [-0.4, -0.2) is 56.0 Å². The maximum absolute atomic E-state index is 5.48. The fourth-order valence-corrected chi connectivity index (χ4v) is 2.90. The van der Waals surface area contributed by atoms with E-state index in [2.05, 4.69) is 20.2 Å². The van der Waals surface area contributed by atoms with Crippen LogP contribution in [0.25, 0.3) is 0 Å². The van der Waals surface area contributed by atoms with E-state index in [4.69, 9.17) is 9.47 Å². The molecule has 2 unspecified atom stereocenters. The van der Waals surface area contributed by atoms with Crippen LogP contribution < -0.4 is 10.2 Å². The minimum Gasteiger partial charge on any atom is -0.377 e. The summed E-state index contributed by atoms with van der Waals surface area (Å²) in [7, 11) is 3.47. The Labute approximate surface area is 113 Å². The number of aromatic nitrogens is 2. The summed E-state index contributed by atoms with van der Waals surface area (Å²) in [4.78, 5) is 11.1. The van der Waals surface area contributed by atoms with Gasteiger partial charge in [0.05, 0.1) is 5.69 Å². The molecule has 0 aromatic carbocycles. The molecular weight excluding hydrogens is 244 g/mol. The van der Waals surface area contributed by atoms with Crippen molar-refractivity contribution < 1.29 is 9.47 Å². The second-order valence-electron chi connectivity index (χ2n) is 5.00. The molecular formula is C13H20N4O2. The SMILES string of the molecule is COC1CN(c2ncnc3c2CNCC3)CC1OC. The van der Waals surface area contributed by atoms with E-state index in [9.17, 15) is 0 Å². The molecule has 0 amide bonds. The summed E-state index contributed by atoms with van der Waals surface area (Å²) in [6, 6.07) is 0. The summed E-state index contributed by atoms with van der Waals surface area (Å²) < 4.78 is 11.0. The molecule has 104 valence electrons. The molecule has 1 saturated heterocycles. The molecule has 0 radical (unpaired) electrons. The Bertz CT molecular complexity index is 442. The van der Waals surface area contributed by atoms with Gasteiger partial charge < -0.3 is 19.7 Å². The van der Waals surface area contributed by atoms with E-state index < -0.39 is 0 Å². The molecule has 0 bridgehead atoms. The van der Waals surface area contributed by atoms with Gasteiger partial charge in [0.25, 0.3) is 0 Å². The van der Waals surface area contributed by atoms with Crippen molar-refractivity contribution in [3.63, 3.8) is 0 Å². The first-order valence-electron chi connectivity index (χ1n) is 6.67. The van der Waals surface area contributed by atoms with Crippen molar-refractivity contribution >= 4 is 5.82 Å². The lowest BCUT2D eigenvalue weighted by Gasteiger charge is -2.24. The van der Waals surface area contributed by atoms with Crippen molar-refractivity contribution in [3.8, 4) is 0 Å². The number of fused-ring (bicyclic) bond motifs is 1. The van der Waals surface area contributed by atoms with Gasteiger partial charge in [-0.05, 0) is 0 Å². The molecule has 3 heterocycles. The van der Waals surface area contributed by atoms with Gasteiger partial charge in [0, 0.05) is 52.4 Å². The number of hydrogen-bond acceptors (Lipinski definition) is 6. The minimum atomic E-state index is 0.104. The Morgan fingerprint density at radius 3 is 2.63 bits per heavy atom. The highest BCUT2D eigenvalue weighted by molar-refractivity contribution is 5.50. The maximum Gasteiger partial charge on any atom is 0.136 e. The monoisotopic (exact) mass is 264 g/mol. The number of methoxy groups -OCH3 is 2. The van der Waals surface area contributed by atoms with Gasteiger partial charge in [-0.25, -0.2) is 9.97 Å². The predicted octanol–water partition coefficient (Wildman–Crippen LogP) is -0.0277. The zero-order valence-corrected chi connectivity index (χ0v) is 11.4. The van der Waals surface area contributed by atoms with Gasteiger partial charge in [-0.15, -0.1) is 0 Å². The standard InChI is InChI=1S/C13H20N4O2/c1-18-11-6-17(7-12(11)19-2)13-9-5-14-4-3-10(9)15-8-16-13/h8,11-12,14H,3-7H2,1-2H3. The van der Waals surface area contributed by atoms with Crippen LogP contribution in [0.1, 0.15) is 11.3 Å². The summed E-state index contributed by atoms with van der Waals surface area (Å²) in [6.07, 6.45) is 2.85. The molecule has 2 aliphatic rings. The van der Waals surface area contributed by atoms with Crippen LogP contribution in [0.3, 0.4) is 0 Å². The second kappa shape index (κ2) is 5.40. The molecule has 3 rings (SSSR count). The summed E-state index contributed by atoms with van der Waals surface area (Å²) in [5.41, 5.74) is 2.39. The molecule has 19 heavy (non-hydrogen) atoms. The fraction of sp³-hybridized carbons (Fsp3) is 0.692. The Hall–Kier alpha value is -1.24. The first kappa shape index (κ1) is 12.8. The van der Waals surface area contributed by atoms with Crippen molar-refractivity contribution in [3.05, 3.63) is 17.6 Å². The number of anilines is 1. The quantitative estimate of drug-likeness (QED) is 0.827. The van der Waals surface area contributed by atoms with Crippen LogP contribution >= 0.6 is 0 Å². The van der Waals surface area contributed by atoms with E-state index in [-0.39, 0.29) is 12.2 Å². The first-order valence-corrected chi connectivity index (χ1v) is 6.67. The van der Waals surface area contributed by atoms with E-state index in [0.29, 0.717) is 0 Å². The molecule has 1 N–H and O–H groups in total. The lowest BCUT2D eigenvalue weighted by atomic mass is 10.1. The van der Waals surface area contributed by atoms with Crippen molar-refractivity contribution in [1.82, 2.24) is 15.3 Å². The van der Waals surface area contributed by atoms with Crippen LogP contribution in [0.4, 0.5) is 5.82 Å². The Balaban J connectivity index is 1.87. The molecule has 6 heteroatoms. The largest absolute Gasteiger partial charge is 0.377 e. The summed E-state index contributed by atoms with van der Waals surface area (Å²) in [6.45, 7) is 3.47. The Morgan fingerprint density at radius 2 is 1.95 bits per heavy atom. The average Bonchev–Trinajstić information content (AvgIpc) is 2.89. The lowest BCUT2D eigenvalue weighted by Crippen LogP contribution is -2.30. The Kier molecular flexibility index (Phi) is 3.63. The molecule has 2 aliphatic heterocycles.